The van der Waals surface area contributed by atoms with Crippen molar-refractivity contribution >= 4 is 11.7 Å². The molecule has 1 aromatic rings. The maximum Gasteiger partial charge on any atom is 0.254 e. The topological polar surface area (TPSA) is 83.3 Å². The lowest BCUT2D eigenvalue weighted by Crippen LogP contribution is -2.40. The Morgan fingerprint density at radius 2 is 2.45 bits per heavy atom. The second-order valence-corrected chi connectivity index (χ2v) is 4.80. The van der Waals surface area contributed by atoms with Gasteiger partial charge in [-0.05, 0) is 32.0 Å². The van der Waals surface area contributed by atoms with E-state index in [4.69, 9.17) is 5.84 Å². The van der Waals surface area contributed by atoms with Gasteiger partial charge in [-0.1, -0.05) is 6.92 Å². The molecule has 4 N–H and O–H groups in total. The Labute approximate surface area is 117 Å². The maximum absolute atomic E-state index is 13.9. The van der Waals surface area contributed by atoms with Gasteiger partial charge in [-0.25, -0.2) is 15.2 Å². The zero-order valence-corrected chi connectivity index (χ0v) is 11.5. The summed E-state index contributed by atoms with van der Waals surface area (Å²) in [5.74, 6) is 3.84. The highest BCUT2D eigenvalue weighted by Gasteiger charge is 2.24. The molecule has 1 aromatic heterocycles. The highest BCUT2D eigenvalue weighted by atomic mass is 19.1. The molecule has 20 heavy (non-hydrogen) atoms. The molecule has 1 atom stereocenters. The first-order valence-electron chi connectivity index (χ1n) is 6.80. The quantitative estimate of drug-likeness (QED) is 0.547. The van der Waals surface area contributed by atoms with E-state index in [2.05, 4.69) is 27.6 Å². The number of hydrazine groups is 1. The number of rotatable bonds is 5. The molecule has 1 saturated heterocycles. The zero-order chi connectivity index (χ0) is 14.5. The monoisotopic (exact) mass is 281 g/mol. The molecule has 110 valence electrons. The summed E-state index contributed by atoms with van der Waals surface area (Å²) in [6, 6.07) is 1.68. The fourth-order valence-corrected chi connectivity index (χ4v) is 2.57. The van der Waals surface area contributed by atoms with Crippen LogP contribution in [0.5, 0.6) is 0 Å². The molecule has 6 nitrogen and oxygen atoms in total. The molecule has 0 radical (unpaired) electrons. The Balaban J connectivity index is 1.98. The van der Waals surface area contributed by atoms with E-state index in [1.165, 1.54) is 12.3 Å². The largest absolute Gasteiger partial charge is 0.350 e. The molecule has 1 fully saturated rings. The standard InChI is InChI=1S/C13H20FN5O/c1-2-19-7-3-4-9(19)8-17-13(20)10-5-6-16-12(18-15)11(10)14/h5-6,9H,2-4,7-8,15H2,1H3,(H,16,18)(H,17,20). The van der Waals surface area contributed by atoms with Crippen LogP contribution in [0.25, 0.3) is 0 Å². The van der Waals surface area contributed by atoms with Crippen molar-refractivity contribution in [3.63, 3.8) is 0 Å². The van der Waals surface area contributed by atoms with E-state index in [1.54, 1.807) is 0 Å². The molecule has 0 spiro atoms. The van der Waals surface area contributed by atoms with Gasteiger partial charge in [0.15, 0.2) is 11.6 Å². The van der Waals surface area contributed by atoms with Gasteiger partial charge in [0.05, 0.1) is 5.56 Å². The third kappa shape index (κ3) is 3.05. The second kappa shape index (κ2) is 6.62. The van der Waals surface area contributed by atoms with Gasteiger partial charge in [-0.15, -0.1) is 0 Å². The number of nitrogens with zero attached hydrogens (tertiary/aromatic N) is 2. The molecule has 1 unspecified atom stereocenters. The van der Waals surface area contributed by atoms with Crippen LogP contribution in [-0.4, -0.2) is 41.5 Å². The number of aromatic nitrogens is 1. The number of likely N-dealkylation sites (N-methyl/N-ethyl adjacent to an activating group) is 1. The van der Waals surface area contributed by atoms with E-state index < -0.39 is 11.7 Å². The van der Waals surface area contributed by atoms with Crippen LogP contribution < -0.4 is 16.6 Å². The zero-order valence-electron chi connectivity index (χ0n) is 11.5. The Bertz CT molecular complexity index is 482. The summed E-state index contributed by atoms with van der Waals surface area (Å²) < 4.78 is 13.9. The van der Waals surface area contributed by atoms with E-state index in [1.807, 2.05) is 0 Å². The first-order valence-corrected chi connectivity index (χ1v) is 6.80. The summed E-state index contributed by atoms with van der Waals surface area (Å²) in [4.78, 5) is 18.0. The number of carbonyl (C=O) groups is 1. The number of nitrogen functional groups attached to an aromatic ring is 1. The third-order valence-electron chi connectivity index (χ3n) is 3.67. The molecular formula is C13H20FN5O. The Morgan fingerprint density at radius 3 is 3.15 bits per heavy atom. The van der Waals surface area contributed by atoms with Gasteiger partial charge in [0.2, 0.25) is 0 Å². The van der Waals surface area contributed by atoms with Crippen LogP contribution >= 0.6 is 0 Å². The van der Waals surface area contributed by atoms with Crippen molar-refractivity contribution in [3.8, 4) is 0 Å². The van der Waals surface area contributed by atoms with Gasteiger partial charge in [-0.3, -0.25) is 9.69 Å². The Kier molecular flexibility index (Phi) is 4.86. The van der Waals surface area contributed by atoms with E-state index >= 15 is 0 Å². The maximum atomic E-state index is 13.9. The SMILES string of the molecule is CCN1CCCC1CNC(=O)c1ccnc(NN)c1F. The van der Waals surface area contributed by atoms with Gasteiger partial charge in [0.25, 0.3) is 5.91 Å². The van der Waals surface area contributed by atoms with Crippen molar-refractivity contribution in [1.82, 2.24) is 15.2 Å². The Morgan fingerprint density at radius 1 is 1.65 bits per heavy atom. The van der Waals surface area contributed by atoms with Crippen molar-refractivity contribution in [2.24, 2.45) is 5.84 Å². The molecule has 0 aliphatic carbocycles. The number of hydrogen-bond acceptors (Lipinski definition) is 5. The Hall–Kier alpha value is -1.73. The minimum Gasteiger partial charge on any atom is -0.350 e. The number of halogens is 1. The molecule has 0 aromatic carbocycles. The fraction of sp³-hybridized carbons (Fsp3) is 0.538. The predicted octanol–water partition coefficient (Wildman–Crippen LogP) is 0.720. The number of hydrogen-bond donors (Lipinski definition) is 3. The third-order valence-corrected chi connectivity index (χ3v) is 3.67. The second-order valence-electron chi connectivity index (χ2n) is 4.80. The van der Waals surface area contributed by atoms with Crippen LogP contribution in [0.4, 0.5) is 10.2 Å². The lowest BCUT2D eigenvalue weighted by molar-refractivity contribution is 0.0937. The van der Waals surface area contributed by atoms with E-state index in [-0.39, 0.29) is 11.4 Å². The molecule has 2 heterocycles. The fourth-order valence-electron chi connectivity index (χ4n) is 2.57. The predicted molar refractivity (Wildman–Crippen MR) is 74.6 cm³/mol. The van der Waals surface area contributed by atoms with Crippen LogP contribution in [0.2, 0.25) is 0 Å². The molecule has 7 heteroatoms. The molecule has 2 rings (SSSR count). The van der Waals surface area contributed by atoms with Crippen molar-refractivity contribution in [2.45, 2.75) is 25.8 Å². The highest BCUT2D eigenvalue weighted by molar-refractivity contribution is 5.95. The van der Waals surface area contributed by atoms with Gasteiger partial charge < -0.3 is 10.7 Å². The summed E-state index contributed by atoms with van der Waals surface area (Å²) >= 11 is 0. The molecule has 1 aliphatic heterocycles. The summed E-state index contributed by atoms with van der Waals surface area (Å²) in [6.45, 7) is 4.65. The minimum absolute atomic E-state index is 0.0472. The average Bonchev–Trinajstić information content (AvgIpc) is 2.92. The van der Waals surface area contributed by atoms with Gasteiger partial charge in [0.1, 0.15) is 0 Å². The molecule has 0 bridgehead atoms. The normalized spacial score (nSPS) is 19.1. The van der Waals surface area contributed by atoms with Gasteiger partial charge >= 0.3 is 0 Å². The first kappa shape index (κ1) is 14.7. The van der Waals surface area contributed by atoms with E-state index in [0.29, 0.717) is 12.6 Å². The van der Waals surface area contributed by atoms with E-state index in [0.717, 1.165) is 25.9 Å². The molecule has 1 aliphatic rings. The van der Waals surface area contributed by atoms with Crippen LogP contribution in [0.15, 0.2) is 12.3 Å². The van der Waals surface area contributed by atoms with Crippen molar-refractivity contribution in [2.75, 3.05) is 25.1 Å². The molecule has 1 amide bonds. The summed E-state index contributed by atoms with van der Waals surface area (Å²) in [7, 11) is 0. The van der Waals surface area contributed by atoms with Crippen LogP contribution in [0, 0.1) is 5.82 Å². The van der Waals surface area contributed by atoms with Gasteiger partial charge in [0, 0.05) is 18.8 Å². The number of nitrogens with one attached hydrogen (secondary N) is 2. The summed E-state index contributed by atoms with van der Waals surface area (Å²) in [5, 5.41) is 2.78. The number of amides is 1. The lowest BCUT2D eigenvalue weighted by Gasteiger charge is -2.22. The number of pyridine rings is 1. The van der Waals surface area contributed by atoms with Crippen LogP contribution in [0.1, 0.15) is 30.1 Å². The molecular weight excluding hydrogens is 261 g/mol. The number of nitrogens with two attached hydrogens (primary N) is 1. The smallest absolute Gasteiger partial charge is 0.254 e. The van der Waals surface area contributed by atoms with Crippen LogP contribution in [-0.2, 0) is 0 Å². The lowest BCUT2D eigenvalue weighted by atomic mass is 10.2. The number of likely N-dealkylation sites (tertiary alicyclic amines) is 1. The van der Waals surface area contributed by atoms with Crippen LogP contribution in [0.3, 0.4) is 0 Å². The number of anilines is 1. The van der Waals surface area contributed by atoms with Crippen molar-refractivity contribution in [3.05, 3.63) is 23.6 Å². The van der Waals surface area contributed by atoms with Crippen molar-refractivity contribution in [1.29, 1.82) is 0 Å². The first-order chi connectivity index (χ1) is 9.67. The highest BCUT2D eigenvalue weighted by Crippen LogP contribution is 2.17. The number of carbonyl (C=O) groups excluding carboxylic acids is 1. The minimum atomic E-state index is -0.730. The summed E-state index contributed by atoms with van der Waals surface area (Å²) in [6.07, 6.45) is 3.54. The molecule has 0 saturated carbocycles. The van der Waals surface area contributed by atoms with Gasteiger partial charge in [-0.2, -0.15) is 0 Å². The summed E-state index contributed by atoms with van der Waals surface area (Å²) in [5.41, 5.74) is 2.08. The average molecular weight is 281 g/mol. The van der Waals surface area contributed by atoms with Crippen molar-refractivity contribution < 1.29 is 9.18 Å². The van der Waals surface area contributed by atoms with E-state index in [9.17, 15) is 9.18 Å².